The standard InChI is InChI=1S/C11H12FNO5/c1-3-17-11(14)7(2)18-9-6-4-5-8(12)10(9)13(15)16/h4-7H,3H2,1-2H3. The monoisotopic (exact) mass is 257 g/mol. The molecule has 7 heteroatoms. The summed E-state index contributed by atoms with van der Waals surface area (Å²) in [5.41, 5.74) is -0.798. The highest BCUT2D eigenvalue weighted by Gasteiger charge is 2.25. The molecule has 1 aromatic rings. The minimum Gasteiger partial charge on any atom is -0.472 e. The lowest BCUT2D eigenvalue weighted by molar-refractivity contribution is -0.388. The van der Waals surface area contributed by atoms with Gasteiger partial charge in [0.2, 0.25) is 11.6 Å². The zero-order chi connectivity index (χ0) is 13.7. The lowest BCUT2D eigenvalue weighted by Gasteiger charge is -2.13. The normalized spacial score (nSPS) is 11.7. The Labute approximate surface area is 102 Å². The number of hydrogen-bond donors (Lipinski definition) is 0. The molecule has 1 atom stereocenters. The Hall–Kier alpha value is -2.18. The van der Waals surface area contributed by atoms with Crippen LogP contribution in [0.15, 0.2) is 18.2 Å². The summed E-state index contributed by atoms with van der Waals surface area (Å²) in [7, 11) is 0. The Balaban J connectivity index is 2.94. The second-order valence-corrected chi connectivity index (χ2v) is 3.36. The molecule has 0 aliphatic rings. The van der Waals surface area contributed by atoms with Gasteiger partial charge in [-0.3, -0.25) is 10.1 Å². The molecular formula is C11H12FNO5. The van der Waals surface area contributed by atoms with Crippen LogP contribution in [0.3, 0.4) is 0 Å². The molecule has 0 radical (unpaired) electrons. The maximum absolute atomic E-state index is 13.3. The summed E-state index contributed by atoms with van der Waals surface area (Å²) in [5.74, 6) is -2.00. The molecule has 0 fully saturated rings. The first-order chi connectivity index (χ1) is 8.47. The van der Waals surface area contributed by atoms with Gasteiger partial charge < -0.3 is 9.47 Å². The van der Waals surface area contributed by atoms with Gasteiger partial charge >= 0.3 is 11.7 Å². The maximum atomic E-state index is 13.3. The molecule has 0 amide bonds. The molecule has 0 bridgehead atoms. The van der Waals surface area contributed by atoms with Crippen LogP contribution in [0.2, 0.25) is 0 Å². The van der Waals surface area contributed by atoms with Crippen molar-refractivity contribution in [2.75, 3.05) is 6.61 Å². The largest absolute Gasteiger partial charge is 0.472 e. The number of nitro groups is 1. The maximum Gasteiger partial charge on any atom is 0.347 e. The molecule has 0 saturated carbocycles. The van der Waals surface area contributed by atoms with Crippen molar-refractivity contribution >= 4 is 11.7 Å². The van der Waals surface area contributed by atoms with Gasteiger partial charge in [0.25, 0.3) is 0 Å². The predicted molar refractivity (Wildman–Crippen MR) is 59.8 cm³/mol. The fraction of sp³-hybridized carbons (Fsp3) is 0.364. The molecule has 0 N–H and O–H groups in total. The summed E-state index contributed by atoms with van der Waals surface area (Å²) >= 11 is 0. The molecule has 1 aromatic carbocycles. The second-order valence-electron chi connectivity index (χ2n) is 3.36. The van der Waals surface area contributed by atoms with Crippen molar-refractivity contribution in [3.8, 4) is 5.75 Å². The molecule has 1 rings (SSSR count). The van der Waals surface area contributed by atoms with Crippen molar-refractivity contribution in [1.29, 1.82) is 0 Å². The van der Waals surface area contributed by atoms with Gasteiger partial charge in [0.1, 0.15) is 0 Å². The number of nitro benzene ring substituents is 1. The minimum absolute atomic E-state index is 0.164. The summed E-state index contributed by atoms with van der Waals surface area (Å²) in [6.45, 7) is 3.15. The molecular weight excluding hydrogens is 245 g/mol. The first-order valence-electron chi connectivity index (χ1n) is 5.23. The number of benzene rings is 1. The molecule has 1 unspecified atom stereocenters. The average molecular weight is 257 g/mol. The lowest BCUT2D eigenvalue weighted by Crippen LogP contribution is -2.26. The molecule has 18 heavy (non-hydrogen) atoms. The molecule has 0 aliphatic carbocycles. The zero-order valence-electron chi connectivity index (χ0n) is 9.88. The SMILES string of the molecule is CCOC(=O)C(C)Oc1cccc(F)c1[N+](=O)[O-]. The predicted octanol–water partition coefficient (Wildman–Crippen LogP) is 2.06. The van der Waals surface area contributed by atoms with E-state index < -0.39 is 28.5 Å². The molecule has 0 spiro atoms. The van der Waals surface area contributed by atoms with E-state index in [9.17, 15) is 19.3 Å². The van der Waals surface area contributed by atoms with E-state index in [1.807, 2.05) is 0 Å². The Morgan fingerprint density at radius 3 is 2.78 bits per heavy atom. The van der Waals surface area contributed by atoms with Gasteiger partial charge in [0.05, 0.1) is 11.5 Å². The van der Waals surface area contributed by atoms with Gasteiger partial charge in [-0.15, -0.1) is 0 Å². The van der Waals surface area contributed by atoms with E-state index >= 15 is 0 Å². The molecule has 0 aromatic heterocycles. The van der Waals surface area contributed by atoms with Crippen LogP contribution >= 0.6 is 0 Å². The van der Waals surface area contributed by atoms with E-state index in [0.29, 0.717) is 0 Å². The highest BCUT2D eigenvalue weighted by molar-refractivity contribution is 5.74. The van der Waals surface area contributed by atoms with Crippen molar-refractivity contribution in [2.24, 2.45) is 0 Å². The van der Waals surface area contributed by atoms with Crippen molar-refractivity contribution in [3.63, 3.8) is 0 Å². The zero-order valence-corrected chi connectivity index (χ0v) is 9.88. The second kappa shape index (κ2) is 5.95. The number of carbonyl (C=O) groups is 1. The van der Waals surface area contributed by atoms with Crippen LogP contribution in [-0.2, 0) is 9.53 Å². The number of nitrogens with zero attached hydrogens (tertiary/aromatic N) is 1. The summed E-state index contributed by atoms with van der Waals surface area (Å²) in [5, 5.41) is 10.7. The smallest absolute Gasteiger partial charge is 0.347 e. The summed E-state index contributed by atoms with van der Waals surface area (Å²) < 4.78 is 23.0. The number of carbonyl (C=O) groups excluding carboxylic acids is 1. The highest BCUT2D eigenvalue weighted by atomic mass is 19.1. The number of ether oxygens (including phenoxy) is 2. The third-order valence-corrected chi connectivity index (χ3v) is 2.05. The molecule has 0 saturated heterocycles. The number of rotatable bonds is 5. The van der Waals surface area contributed by atoms with E-state index in [2.05, 4.69) is 4.74 Å². The number of esters is 1. The Morgan fingerprint density at radius 2 is 2.22 bits per heavy atom. The van der Waals surface area contributed by atoms with Gasteiger partial charge in [-0.2, -0.15) is 4.39 Å². The van der Waals surface area contributed by atoms with Gasteiger partial charge in [-0.1, -0.05) is 6.07 Å². The summed E-state index contributed by atoms with van der Waals surface area (Å²) in [6.07, 6.45) is -1.05. The van der Waals surface area contributed by atoms with Crippen molar-refractivity contribution in [2.45, 2.75) is 20.0 Å². The van der Waals surface area contributed by atoms with Crippen LogP contribution in [-0.4, -0.2) is 23.6 Å². The third kappa shape index (κ3) is 3.16. The Morgan fingerprint density at radius 1 is 1.56 bits per heavy atom. The van der Waals surface area contributed by atoms with Crippen LogP contribution in [0.5, 0.6) is 5.75 Å². The fourth-order valence-electron chi connectivity index (χ4n) is 1.27. The van der Waals surface area contributed by atoms with E-state index in [-0.39, 0.29) is 12.4 Å². The third-order valence-electron chi connectivity index (χ3n) is 2.05. The van der Waals surface area contributed by atoms with Crippen molar-refractivity contribution < 1.29 is 23.6 Å². The van der Waals surface area contributed by atoms with Gasteiger partial charge in [0, 0.05) is 0 Å². The Bertz CT molecular complexity index is 463. The average Bonchev–Trinajstić information content (AvgIpc) is 2.28. The number of hydrogen-bond acceptors (Lipinski definition) is 5. The Kier molecular flexibility index (Phi) is 4.59. The molecule has 0 heterocycles. The van der Waals surface area contributed by atoms with Gasteiger partial charge in [-0.25, -0.2) is 4.79 Å². The molecule has 98 valence electrons. The van der Waals surface area contributed by atoms with Gasteiger partial charge in [-0.05, 0) is 26.0 Å². The quantitative estimate of drug-likeness (QED) is 0.458. The van der Waals surface area contributed by atoms with E-state index in [1.54, 1.807) is 6.92 Å². The number of halogens is 1. The first-order valence-corrected chi connectivity index (χ1v) is 5.23. The van der Waals surface area contributed by atoms with Crippen LogP contribution in [0, 0.1) is 15.9 Å². The van der Waals surface area contributed by atoms with Crippen LogP contribution in [0.1, 0.15) is 13.8 Å². The summed E-state index contributed by atoms with van der Waals surface area (Å²) in [4.78, 5) is 21.1. The van der Waals surface area contributed by atoms with E-state index in [0.717, 1.165) is 6.07 Å². The van der Waals surface area contributed by atoms with Gasteiger partial charge in [0.15, 0.2) is 6.10 Å². The molecule has 0 aliphatic heterocycles. The minimum atomic E-state index is -1.05. The van der Waals surface area contributed by atoms with Crippen molar-refractivity contribution in [3.05, 3.63) is 34.1 Å². The van der Waals surface area contributed by atoms with Crippen molar-refractivity contribution in [1.82, 2.24) is 0 Å². The number of para-hydroxylation sites is 1. The van der Waals surface area contributed by atoms with E-state index in [4.69, 9.17) is 4.74 Å². The van der Waals surface area contributed by atoms with Crippen LogP contribution in [0.25, 0.3) is 0 Å². The fourth-order valence-corrected chi connectivity index (χ4v) is 1.27. The van der Waals surface area contributed by atoms with E-state index in [1.165, 1.54) is 19.1 Å². The van der Waals surface area contributed by atoms with Crippen LogP contribution in [0.4, 0.5) is 10.1 Å². The summed E-state index contributed by atoms with van der Waals surface area (Å²) in [6, 6.07) is 3.42. The topological polar surface area (TPSA) is 78.7 Å². The molecule has 6 nitrogen and oxygen atoms in total. The highest BCUT2D eigenvalue weighted by Crippen LogP contribution is 2.30. The first kappa shape index (κ1) is 13.9. The lowest BCUT2D eigenvalue weighted by atomic mass is 10.3. The van der Waals surface area contributed by atoms with Crippen LogP contribution < -0.4 is 4.74 Å².